The molecule has 1 aromatic rings. The fourth-order valence-electron chi connectivity index (χ4n) is 1.62. The summed E-state index contributed by atoms with van der Waals surface area (Å²) in [5.41, 5.74) is 6.40. The van der Waals surface area contributed by atoms with E-state index in [9.17, 15) is 0 Å². The third kappa shape index (κ3) is 3.29. The molecule has 1 aromatic carbocycles. The van der Waals surface area contributed by atoms with Gasteiger partial charge in [0, 0.05) is 5.02 Å². The van der Waals surface area contributed by atoms with Crippen molar-refractivity contribution in [1.29, 1.82) is 0 Å². The van der Waals surface area contributed by atoms with E-state index >= 15 is 0 Å². The maximum atomic E-state index is 5.82. The molecule has 2 N–H and O–H groups in total. The van der Waals surface area contributed by atoms with Gasteiger partial charge >= 0.3 is 0 Å². The van der Waals surface area contributed by atoms with Crippen molar-refractivity contribution >= 4 is 17.3 Å². The summed E-state index contributed by atoms with van der Waals surface area (Å²) in [7, 11) is 0. The van der Waals surface area contributed by atoms with E-state index in [4.69, 9.17) is 22.1 Å². The largest absolute Gasteiger partial charge is 0.473 e. The van der Waals surface area contributed by atoms with Crippen LogP contribution in [0.5, 0.6) is 5.75 Å². The van der Waals surface area contributed by atoms with Crippen molar-refractivity contribution in [3.8, 4) is 5.75 Å². The van der Waals surface area contributed by atoms with Crippen LogP contribution < -0.4 is 10.5 Å². The molecule has 3 nitrogen and oxygen atoms in total. The lowest BCUT2D eigenvalue weighted by molar-refractivity contribution is 0.0487. The number of nitrogens with zero attached hydrogens (tertiary/aromatic N) is 1. The minimum atomic E-state index is 0.0125. The SMILES string of the molecule is CCN(CC)C(C)Oc1ccc(Cl)cc1N. The highest BCUT2D eigenvalue weighted by molar-refractivity contribution is 6.30. The van der Waals surface area contributed by atoms with E-state index in [1.54, 1.807) is 18.2 Å². The van der Waals surface area contributed by atoms with Crippen molar-refractivity contribution in [3.05, 3.63) is 23.2 Å². The third-order valence-electron chi connectivity index (χ3n) is 2.60. The summed E-state index contributed by atoms with van der Waals surface area (Å²) in [6.45, 7) is 8.13. The molecule has 0 spiro atoms. The van der Waals surface area contributed by atoms with Crippen LogP contribution in [-0.2, 0) is 0 Å². The summed E-state index contributed by atoms with van der Waals surface area (Å²) in [6.07, 6.45) is 0.0125. The van der Waals surface area contributed by atoms with Crippen LogP contribution in [0, 0.1) is 0 Å². The second-order valence-corrected chi connectivity index (χ2v) is 4.06. The maximum Gasteiger partial charge on any atom is 0.149 e. The van der Waals surface area contributed by atoms with Gasteiger partial charge < -0.3 is 10.5 Å². The molecule has 0 fully saturated rings. The highest BCUT2D eigenvalue weighted by Crippen LogP contribution is 2.26. The van der Waals surface area contributed by atoms with Crippen LogP contribution in [-0.4, -0.2) is 24.2 Å². The smallest absolute Gasteiger partial charge is 0.149 e. The highest BCUT2D eigenvalue weighted by Gasteiger charge is 2.12. The number of ether oxygens (including phenoxy) is 1. The molecule has 1 atom stereocenters. The van der Waals surface area contributed by atoms with Crippen LogP contribution >= 0.6 is 11.6 Å². The number of hydrogen-bond donors (Lipinski definition) is 1. The molecule has 90 valence electrons. The third-order valence-corrected chi connectivity index (χ3v) is 2.83. The van der Waals surface area contributed by atoms with E-state index < -0.39 is 0 Å². The number of rotatable bonds is 5. The van der Waals surface area contributed by atoms with Crippen LogP contribution in [0.2, 0.25) is 5.02 Å². The van der Waals surface area contributed by atoms with Gasteiger partial charge in [0.15, 0.2) is 0 Å². The van der Waals surface area contributed by atoms with E-state index in [2.05, 4.69) is 18.7 Å². The van der Waals surface area contributed by atoms with E-state index in [0.29, 0.717) is 16.5 Å². The topological polar surface area (TPSA) is 38.5 Å². The van der Waals surface area contributed by atoms with Crippen LogP contribution in [0.15, 0.2) is 18.2 Å². The number of hydrogen-bond acceptors (Lipinski definition) is 3. The first-order valence-corrected chi connectivity index (χ1v) is 5.92. The molecule has 0 aliphatic rings. The van der Waals surface area contributed by atoms with Crippen molar-refractivity contribution in [1.82, 2.24) is 4.90 Å². The average molecular weight is 243 g/mol. The molecule has 0 saturated heterocycles. The summed E-state index contributed by atoms with van der Waals surface area (Å²) in [5, 5.41) is 0.625. The van der Waals surface area contributed by atoms with Crippen LogP contribution in [0.25, 0.3) is 0 Å². The zero-order valence-electron chi connectivity index (χ0n) is 10.0. The predicted molar refractivity (Wildman–Crippen MR) is 68.9 cm³/mol. The molecular weight excluding hydrogens is 224 g/mol. The standard InChI is InChI=1S/C12H19ClN2O/c1-4-15(5-2)9(3)16-12-7-6-10(13)8-11(12)14/h6-9H,4-5,14H2,1-3H3. The first-order chi connectivity index (χ1) is 7.58. The number of nitrogens with two attached hydrogens (primary N) is 1. The molecule has 0 aliphatic carbocycles. The Labute approximate surface area is 102 Å². The lowest BCUT2D eigenvalue weighted by Gasteiger charge is -2.27. The molecular formula is C12H19ClN2O. The Morgan fingerprint density at radius 1 is 1.38 bits per heavy atom. The minimum absolute atomic E-state index is 0.0125. The van der Waals surface area contributed by atoms with Gasteiger partial charge in [-0.25, -0.2) is 0 Å². The molecule has 16 heavy (non-hydrogen) atoms. The van der Waals surface area contributed by atoms with Gasteiger partial charge in [0.1, 0.15) is 12.0 Å². The molecule has 0 heterocycles. The zero-order valence-corrected chi connectivity index (χ0v) is 10.8. The number of benzene rings is 1. The minimum Gasteiger partial charge on any atom is -0.473 e. The summed E-state index contributed by atoms with van der Waals surface area (Å²) in [5.74, 6) is 0.684. The van der Waals surface area contributed by atoms with E-state index in [-0.39, 0.29) is 6.23 Å². The lowest BCUT2D eigenvalue weighted by atomic mass is 10.3. The Balaban J connectivity index is 2.72. The second kappa shape index (κ2) is 5.97. The van der Waals surface area contributed by atoms with Crippen molar-refractivity contribution < 1.29 is 4.74 Å². The molecule has 0 radical (unpaired) electrons. The van der Waals surface area contributed by atoms with Crippen LogP contribution in [0.1, 0.15) is 20.8 Å². The van der Waals surface area contributed by atoms with Gasteiger partial charge in [-0.05, 0) is 38.2 Å². The van der Waals surface area contributed by atoms with Crippen molar-refractivity contribution in [2.45, 2.75) is 27.0 Å². The molecule has 1 unspecified atom stereocenters. The van der Waals surface area contributed by atoms with E-state index in [0.717, 1.165) is 13.1 Å². The summed E-state index contributed by atoms with van der Waals surface area (Å²) >= 11 is 5.82. The molecule has 0 aliphatic heterocycles. The van der Waals surface area contributed by atoms with Gasteiger partial charge in [0.25, 0.3) is 0 Å². The summed E-state index contributed by atoms with van der Waals surface area (Å²) < 4.78 is 5.79. The molecule has 0 bridgehead atoms. The van der Waals surface area contributed by atoms with Gasteiger partial charge in [-0.2, -0.15) is 0 Å². The Kier molecular flexibility index (Phi) is 4.90. The van der Waals surface area contributed by atoms with Gasteiger partial charge in [-0.15, -0.1) is 0 Å². The van der Waals surface area contributed by atoms with E-state index in [1.807, 2.05) is 6.92 Å². The van der Waals surface area contributed by atoms with E-state index in [1.165, 1.54) is 0 Å². The van der Waals surface area contributed by atoms with Crippen LogP contribution in [0.3, 0.4) is 0 Å². The predicted octanol–water partition coefficient (Wildman–Crippen LogP) is 2.99. The van der Waals surface area contributed by atoms with Gasteiger partial charge in [-0.1, -0.05) is 25.4 Å². The normalized spacial score (nSPS) is 12.8. The van der Waals surface area contributed by atoms with Gasteiger partial charge in [0.2, 0.25) is 0 Å². The summed E-state index contributed by atoms with van der Waals surface area (Å²) in [4.78, 5) is 2.20. The Bertz CT molecular complexity index is 340. The fourth-order valence-corrected chi connectivity index (χ4v) is 1.80. The van der Waals surface area contributed by atoms with Gasteiger partial charge in [0.05, 0.1) is 5.69 Å². The number of nitrogen functional groups attached to an aromatic ring is 1. The lowest BCUT2D eigenvalue weighted by Crippen LogP contribution is -2.36. The number of halogens is 1. The van der Waals surface area contributed by atoms with Crippen molar-refractivity contribution in [2.24, 2.45) is 0 Å². The Morgan fingerprint density at radius 2 is 2.00 bits per heavy atom. The molecule has 1 rings (SSSR count). The average Bonchev–Trinajstić information content (AvgIpc) is 2.24. The van der Waals surface area contributed by atoms with Crippen LogP contribution in [0.4, 0.5) is 5.69 Å². The first-order valence-electron chi connectivity index (χ1n) is 5.54. The van der Waals surface area contributed by atoms with Crippen molar-refractivity contribution in [3.63, 3.8) is 0 Å². The Hall–Kier alpha value is -0.930. The molecule has 0 aromatic heterocycles. The first kappa shape index (κ1) is 13.1. The second-order valence-electron chi connectivity index (χ2n) is 3.62. The quantitative estimate of drug-likeness (QED) is 0.637. The number of anilines is 1. The molecule has 0 amide bonds. The summed E-state index contributed by atoms with van der Waals surface area (Å²) in [6, 6.07) is 5.28. The Morgan fingerprint density at radius 3 is 2.50 bits per heavy atom. The monoisotopic (exact) mass is 242 g/mol. The van der Waals surface area contributed by atoms with Crippen molar-refractivity contribution in [2.75, 3.05) is 18.8 Å². The molecule has 4 heteroatoms. The maximum absolute atomic E-state index is 5.82. The molecule has 0 saturated carbocycles. The fraction of sp³-hybridized carbons (Fsp3) is 0.500. The zero-order chi connectivity index (χ0) is 12.1. The highest BCUT2D eigenvalue weighted by atomic mass is 35.5. The van der Waals surface area contributed by atoms with Gasteiger partial charge in [-0.3, -0.25) is 4.90 Å².